The maximum atomic E-state index is 11.5. The van der Waals surface area contributed by atoms with Crippen molar-refractivity contribution in [2.75, 3.05) is 31.4 Å². The Balaban J connectivity index is 1.86. The SMILES string of the molecule is COc1cc(N(CCNS(C)(=O)=O)c2ccc(C(=N)N)cc2)ccc1OCc1ccccc1. The molecule has 0 aliphatic rings. The minimum atomic E-state index is -3.32. The maximum Gasteiger partial charge on any atom is 0.208 e. The van der Waals surface area contributed by atoms with E-state index in [9.17, 15) is 8.42 Å². The molecular formula is C24H28N4O4S. The molecule has 0 radical (unpaired) electrons. The van der Waals surface area contributed by atoms with Gasteiger partial charge in [-0.05, 0) is 42.0 Å². The number of ether oxygens (including phenoxy) is 2. The van der Waals surface area contributed by atoms with E-state index in [-0.39, 0.29) is 12.4 Å². The summed E-state index contributed by atoms with van der Waals surface area (Å²) in [6.45, 7) is 0.993. The molecule has 4 N–H and O–H groups in total. The van der Waals surface area contributed by atoms with Gasteiger partial charge in [-0.15, -0.1) is 0 Å². The number of sulfonamides is 1. The number of hydrogen-bond donors (Lipinski definition) is 3. The highest BCUT2D eigenvalue weighted by atomic mass is 32.2. The number of benzene rings is 3. The molecule has 0 saturated carbocycles. The van der Waals surface area contributed by atoms with Gasteiger partial charge in [0.2, 0.25) is 10.0 Å². The van der Waals surface area contributed by atoms with Gasteiger partial charge in [0.1, 0.15) is 12.4 Å². The van der Waals surface area contributed by atoms with E-state index in [2.05, 4.69) is 4.72 Å². The zero-order valence-corrected chi connectivity index (χ0v) is 19.4. The van der Waals surface area contributed by atoms with Crippen molar-refractivity contribution in [3.63, 3.8) is 0 Å². The van der Waals surface area contributed by atoms with Gasteiger partial charge in [-0.2, -0.15) is 0 Å². The summed E-state index contributed by atoms with van der Waals surface area (Å²) in [5, 5.41) is 7.59. The van der Waals surface area contributed by atoms with Crippen LogP contribution in [0.2, 0.25) is 0 Å². The summed E-state index contributed by atoms with van der Waals surface area (Å²) in [4.78, 5) is 1.95. The minimum absolute atomic E-state index is 0.0200. The fraction of sp³-hybridized carbons (Fsp3) is 0.208. The van der Waals surface area contributed by atoms with Crippen molar-refractivity contribution in [2.45, 2.75) is 6.61 Å². The fourth-order valence-corrected chi connectivity index (χ4v) is 3.71. The first-order chi connectivity index (χ1) is 15.8. The molecule has 0 unspecified atom stereocenters. The van der Waals surface area contributed by atoms with Crippen LogP contribution < -0.4 is 24.8 Å². The Labute approximate surface area is 194 Å². The third-order valence-electron chi connectivity index (χ3n) is 4.89. The van der Waals surface area contributed by atoms with Gasteiger partial charge < -0.3 is 20.1 Å². The first-order valence-corrected chi connectivity index (χ1v) is 12.2. The van der Waals surface area contributed by atoms with E-state index in [0.717, 1.165) is 23.2 Å². The molecule has 0 fully saturated rings. The lowest BCUT2D eigenvalue weighted by Gasteiger charge is -2.26. The second kappa shape index (κ2) is 10.8. The van der Waals surface area contributed by atoms with Crippen LogP contribution in [-0.4, -0.2) is 40.7 Å². The zero-order valence-electron chi connectivity index (χ0n) is 18.6. The highest BCUT2D eigenvalue weighted by Crippen LogP contribution is 2.35. The Morgan fingerprint density at radius 2 is 1.67 bits per heavy atom. The van der Waals surface area contributed by atoms with Crippen LogP contribution in [0.4, 0.5) is 11.4 Å². The number of anilines is 2. The largest absolute Gasteiger partial charge is 0.493 e. The van der Waals surface area contributed by atoms with Gasteiger partial charge in [-0.25, -0.2) is 13.1 Å². The number of nitrogens with zero attached hydrogens (tertiary/aromatic N) is 1. The second-order valence-corrected chi connectivity index (χ2v) is 9.22. The summed E-state index contributed by atoms with van der Waals surface area (Å²) < 4.78 is 37.1. The normalized spacial score (nSPS) is 11.1. The zero-order chi connectivity index (χ0) is 23.8. The summed E-state index contributed by atoms with van der Waals surface area (Å²) in [6.07, 6.45) is 1.13. The molecule has 0 saturated heterocycles. The van der Waals surface area contributed by atoms with Crippen LogP contribution in [0.15, 0.2) is 72.8 Å². The average molecular weight is 469 g/mol. The lowest BCUT2D eigenvalue weighted by Crippen LogP contribution is -2.32. The summed E-state index contributed by atoms with van der Waals surface area (Å²) in [6, 6.07) is 22.6. The third kappa shape index (κ3) is 6.96. The first kappa shape index (κ1) is 24.1. The quantitative estimate of drug-likeness (QED) is 0.294. The number of nitrogen functional groups attached to an aromatic ring is 1. The number of rotatable bonds is 11. The number of nitrogens with two attached hydrogens (primary N) is 1. The summed E-state index contributed by atoms with van der Waals surface area (Å²) in [7, 11) is -1.75. The highest BCUT2D eigenvalue weighted by Gasteiger charge is 2.15. The van der Waals surface area contributed by atoms with Gasteiger partial charge >= 0.3 is 0 Å². The fourth-order valence-electron chi connectivity index (χ4n) is 3.25. The molecule has 0 bridgehead atoms. The molecule has 0 spiro atoms. The van der Waals surface area contributed by atoms with E-state index in [1.807, 2.05) is 65.6 Å². The Hall–Kier alpha value is -3.56. The van der Waals surface area contributed by atoms with E-state index in [0.29, 0.717) is 30.2 Å². The van der Waals surface area contributed by atoms with Crippen LogP contribution in [0.25, 0.3) is 0 Å². The average Bonchev–Trinajstić information content (AvgIpc) is 2.80. The molecule has 9 heteroatoms. The van der Waals surface area contributed by atoms with Gasteiger partial charge in [-0.3, -0.25) is 5.41 Å². The predicted molar refractivity (Wildman–Crippen MR) is 131 cm³/mol. The topological polar surface area (TPSA) is 118 Å². The standard InChI is InChI=1S/C24H28N4O4S/c1-31-23-16-21(12-13-22(23)32-17-18-6-4-3-5-7-18)28(15-14-27-33(2,29)30)20-10-8-19(9-11-20)24(25)26/h3-13,16,27H,14-15,17H2,1-2H3,(H3,25,26). The van der Waals surface area contributed by atoms with E-state index in [4.69, 9.17) is 20.6 Å². The van der Waals surface area contributed by atoms with Gasteiger partial charge in [-0.1, -0.05) is 30.3 Å². The van der Waals surface area contributed by atoms with E-state index >= 15 is 0 Å². The lowest BCUT2D eigenvalue weighted by molar-refractivity contribution is 0.284. The number of amidine groups is 1. The summed E-state index contributed by atoms with van der Waals surface area (Å²) in [5.41, 5.74) is 8.83. The molecule has 3 aromatic carbocycles. The minimum Gasteiger partial charge on any atom is -0.493 e. The van der Waals surface area contributed by atoms with Crippen LogP contribution in [-0.2, 0) is 16.6 Å². The summed E-state index contributed by atoms with van der Waals surface area (Å²) in [5.74, 6) is 1.14. The van der Waals surface area contributed by atoms with E-state index in [1.165, 1.54) is 0 Å². The molecule has 0 aromatic heterocycles. The number of hydrogen-bond acceptors (Lipinski definition) is 6. The van der Waals surface area contributed by atoms with Crippen LogP contribution in [0.3, 0.4) is 0 Å². The smallest absolute Gasteiger partial charge is 0.208 e. The highest BCUT2D eigenvalue weighted by molar-refractivity contribution is 7.88. The summed E-state index contributed by atoms with van der Waals surface area (Å²) >= 11 is 0. The van der Waals surface area contributed by atoms with Gasteiger partial charge in [0.15, 0.2) is 11.5 Å². The molecule has 174 valence electrons. The van der Waals surface area contributed by atoms with Crippen molar-refractivity contribution in [1.29, 1.82) is 5.41 Å². The van der Waals surface area contributed by atoms with Crippen LogP contribution in [0.1, 0.15) is 11.1 Å². The second-order valence-electron chi connectivity index (χ2n) is 7.39. The molecule has 0 aliphatic carbocycles. The number of methoxy groups -OCH3 is 1. The molecule has 3 rings (SSSR count). The van der Waals surface area contributed by atoms with Crippen LogP contribution in [0.5, 0.6) is 11.5 Å². The predicted octanol–water partition coefficient (Wildman–Crippen LogP) is 3.25. The van der Waals surface area contributed by atoms with E-state index < -0.39 is 10.0 Å². The Morgan fingerprint density at radius 1 is 1.00 bits per heavy atom. The van der Waals surface area contributed by atoms with Crippen molar-refractivity contribution in [3.8, 4) is 11.5 Å². The molecule has 3 aromatic rings. The van der Waals surface area contributed by atoms with E-state index in [1.54, 1.807) is 19.2 Å². The molecule has 0 amide bonds. The van der Waals surface area contributed by atoms with Crippen LogP contribution in [0, 0.1) is 5.41 Å². The molecule has 0 atom stereocenters. The monoisotopic (exact) mass is 468 g/mol. The number of nitrogens with one attached hydrogen (secondary N) is 2. The van der Waals surface area contributed by atoms with Crippen LogP contribution >= 0.6 is 0 Å². The van der Waals surface area contributed by atoms with Crippen molar-refractivity contribution in [2.24, 2.45) is 5.73 Å². The maximum absolute atomic E-state index is 11.5. The first-order valence-electron chi connectivity index (χ1n) is 10.3. The van der Waals surface area contributed by atoms with Gasteiger partial charge in [0.05, 0.1) is 13.4 Å². The third-order valence-corrected chi connectivity index (χ3v) is 5.61. The molecule has 0 heterocycles. The van der Waals surface area contributed by atoms with Gasteiger partial charge in [0.25, 0.3) is 0 Å². The van der Waals surface area contributed by atoms with Crippen molar-refractivity contribution < 1.29 is 17.9 Å². The Morgan fingerprint density at radius 3 is 2.27 bits per heavy atom. The van der Waals surface area contributed by atoms with Crippen molar-refractivity contribution in [1.82, 2.24) is 4.72 Å². The Bertz CT molecular complexity index is 1180. The van der Waals surface area contributed by atoms with Crippen molar-refractivity contribution in [3.05, 3.63) is 83.9 Å². The molecular weight excluding hydrogens is 440 g/mol. The van der Waals surface area contributed by atoms with Gasteiger partial charge in [0, 0.05) is 36.1 Å². The Kier molecular flexibility index (Phi) is 7.92. The molecule has 8 nitrogen and oxygen atoms in total. The van der Waals surface area contributed by atoms with Crippen molar-refractivity contribution >= 4 is 27.2 Å². The lowest BCUT2D eigenvalue weighted by atomic mass is 10.1. The molecule has 0 aliphatic heterocycles. The molecule has 33 heavy (non-hydrogen) atoms.